The van der Waals surface area contributed by atoms with Gasteiger partial charge in [-0.25, -0.2) is 0 Å². The molecule has 0 radical (unpaired) electrons. The molecule has 9 heavy (non-hydrogen) atoms. The first-order valence-corrected chi connectivity index (χ1v) is 2.99. The van der Waals surface area contributed by atoms with Gasteiger partial charge < -0.3 is 5.73 Å². The summed E-state index contributed by atoms with van der Waals surface area (Å²) in [7, 11) is 0. The average Bonchev–Trinajstić information content (AvgIpc) is 1.65. The van der Waals surface area contributed by atoms with Crippen LogP contribution >= 0.6 is 12.4 Å². The topological polar surface area (TPSA) is 49.9 Å². The van der Waals surface area contributed by atoms with Gasteiger partial charge in [0.25, 0.3) is 0 Å². The molecule has 0 aromatic rings. The Morgan fingerprint density at radius 2 is 2.11 bits per heavy atom. The summed E-state index contributed by atoms with van der Waals surface area (Å²) >= 11 is 0. The van der Waals surface area contributed by atoms with Crippen LogP contribution in [0.3, 0.4) is 0 Å². The van der Waals surface area contributed by atoms with E-state index in [1.54, 1.807) is 0 Å². The minimum absolute atomic E-state index is 0. The molecule has 0 aliphatic heterocycles. The second-order valence-corrected chi connectivity index (χ2v) is 2.24. The van der Waals surface area contributed by atoms with Gasteiger partial charge in [0.1, 0.15) is 0 Å². The Bertz CT molecular complexity index is 83.1. The lowest BCUT2D eigenvalue weighted by molar-refractivity contribution is 0.584. The summed E-state index contributed by atoms with van der Waals surface area (Å²) in [4.78, 5) is 0. The quantitative estimate of drug-likeness (QED) is 0.468. The molecule has 0 spiro atoms. The zero-order chi connectivity index (χ0) is 6.57. The third-order valence-corrected chi connectivity index (χ3v) is 1.27. The van der Waals surface area contributed by atoms with Gasteiger partial charge in [-0.15, -0.1) is 12.4 Å². The number of nitrogens with two attached hydrogens (primary N) is 1. The monoisotopic (exact) mass is 150 g/mol. The average molecular weight is 151 g/mol. The van der Waals surface area contributed by atoms with Crippen LogP contribution in [-0.2, 0) is 0 Å². The smallest absolute Gasteiger partial charge is 0.0907 e. The summed E-state index contributed by atoms with van der Waals surface area (Å²) in [5.74, 6) is 0.881. The number of rotatable bonds is 3. The maximum Gasteiger partial charge on any atom is 0.0907 e. The molecule has 0 aliphatic rings. The standard InChI is InChI=1S/C6H14N2.ClH/c1-3-5(2)4-6(7)8;/h5H,3-4H2,1-2H3,(H3,7,8);1H. The van der Waals surface area contributed by atoms with E-state index in [2.05, 4.69) is 13.8 Å². The van der Waals surface area contributed by atoms with Crippen molar-refractivity contribution < 1.29 is 0 Å². The third-order valence-electron chi connectivity index (χ3n) is 1.27. The van der Waals surface area contributed by atoms with Crippen LogP contribution in [0.1, 0.15) is 26.7 Å². The van der Waals surface area contributed by atoms with E-state index in [4.69, 9.17) is 11.1 Å². The highest BCUT2D eigenvalue weighted by Gasteiger charge is 1.98. The molecular formula is C6H15ClN2. The van der Waals surface area contributed by atoms with Gasteiger partial charge in [0.15, 0.2) is 0 Å². The molecule has 0 heterocycles. The molecule has 0 aromatic heterocycles. The van der Waals surface area contributed by atoms with Crippen LogP contribution in [0.2, 0.25) is 0 Å². The fourth-order valence-corrected chi connectivity index (χ4v) is 0.520. The Labute approximate surface area is 62.7 Å². The second-order valence-electron chi connectivity index (χ2n) is 2.24. The Morgan fingerprint density at radius 3 is 2.22 bits per heavy atom. The van der Waals surface area contributed by atoms with Crippen LogP contribution in [0.4, 0.5) is 0 Å². The van der Waals surface area contributed by atoms with Crippen molar-refractivity contribution in [2.75, 3.05) is 0 Å². The summed E-state index contributed by atoms with van der Waals surface area (Å²) in [6.07, 6.45) is 1.86. The lowest BCUT2D eigenvalue weighted by Gasteiger charge is -2.03. The Balaban J connectivity index is 0. The van der Waals surface area contributed by atoms with Crippen molar-refractivity contribution in [3.63, 3.8) is 0 Å². The van der Waals surface area contributed by atoms with Crippen LogP contribution in [0, 0.1) is 11.3 Å². The van der Waals surface area contributed by atoms with Crippen molar-refractivity contribution in [3.8, 4) is 0 Å². The summed E-state index contributed by atoms with van der Waals surface area (Å²) in [6.45, 7) is 4.20. The predicted octanol–water partition coefficient (Wildman–Crippen LogP) is 1.78. The first-order chi connectivity index (χ1) is 3.66. The van der Waals surface area contributed by atoms with Crippen molar-refractivity contribution in [1.29, 1.82) is 5.41 Å². The molecule has 0 saturated carbocycles. The van der Waals surface area contributed by atoms with Gasteiger partial charge in [0.05, 0.1) is 5.84 Å². The largest absolute Gasteiger partial charge is 0.388 e. The Kier molecular flexibility index (Phi) is 7.55. The Morgan fingerprint density at radius 1 is 1.67 bits per heavy atom. The first-order valence-electron chi connectivity index (χ1n) is 2.99. The molecule has 0 bridgehead atoms. The molecule has 0 fully saturated rings. The molecule has 3 heteroatoms. The lowest BCUT2D eigenvalue weighted by atomic mass is 10.1. The van der Waals surface area contributed by atoms with E-state index < -0.39 is 0 Å². The zero-order valence-corrected chi connectivity index (χ0v) is 6.79. The minimum atomic E-state index is 0. The second kappa shape index (κ2) is 5.89. The predicted molar refractivity (Wildman–Crippen MR) is 43.2 cm³/mol. The van der Waals surface area contributed by atoms with Crippen molar-refractivity contribution in [3.05, 3.63) is 0 Å². The number of halogens is 1. The number of hydrogen-bond acceptors (Lipinski definition) is 1. The van der Waals surface area contributed by atoms with E-state index in [0.717, 1.165) is 12.8 Å². The highest BCUT2D eigenvalue weighted by Crippen LogP contribution is 2.03. The fourth-order valence-electron chi connectivity index (χ4n) is 0.520. The third kappa shape index (κ3) is 7.76. The van der Waals surface area contributed by atoms with Crippen LogP contribution in [0.5, 0.6) is 0 Å². The molecule has 56 valence electrons. The van der Waals surface area contributed by atoms with Gasteiger partial charge in [-0.1, -0.05) is 20.3 Å². The summed E-state index contributed by atoms with van der Waals surface area (Å²) in [5, 5.41) is 6.91. The Hall–Kier alpha value is -0.240. The molecule has 0 amide bonds. The zero-order valence-electron chi connectivity index (χ0n) is 5.98. The molecule has 0 aromatic carbocycles. The van der Waals surface area contributed by atoms with Crippen LogP contribution in [0.15, 0.2) is 0 Å². The number of nitrogens with one attached hydrogen (secondary N) is 1. The highest BCUT2D eigenvalue weighted by molar-refractivity contribution is 5.85. The molecule has 3 N–H and O–H groups in total. The van der Waals surface area contributed by atoms with E-state index in [9.17, 15) is 0 Å². The number of hydrogen-bond donors (Lipinski definition) is 2. The molecular weight excluding hydrogens is 136 g/mol. The van der Waals surface area contributed by atoms with Crippen molar-refractivity contribution >= 4 is 18.2 Å². The van der Waals surface area contributed by atoms with Gasteiger partial charge in [-0.3, -0.25) is 5.41 Å². The lowest BCUT2D eigenvalue weighted by Crippen LogP contribution is -2.13. The van der Waals surface area contributed by atoms with Gasteiger partial charge >= 0.3 is 0 Å². The van der Waals surface area contributed by atoms with E-state index >= 15 is 0 Å². The van der Waals surface area contributed by atoms with Crippen molar-refractivity contribution in [2.24, 2.45) is 11.7 Å². The SMILES string of the molecule is CCC(C)CC(=N)N.Cl. The van der Waals surface area contributed by atoms with Gasteiger partial charge in [0, 0.05) is 6.42 Å². The maximum atomic E-state index is 6.91. The van der Waals surface area contributed by atoms with Crippen LogP contribution in [-0.4, -0.2) is 5.84 Å². The molecule has 1 atom stereocenters. The summed E-state index contributed by atoms with van der Waals surface area (Å²) < 4.78 is 0. The van der Waals surface area contributed by atoms with Gasteiger partial charge in [-0.05, 0) is 5.92 Å². The van der Waals surface area contributed by atoms with Crippen LogP contribution in [0.25, 0.3) is 0 Å². The van der Waals surface area contributed by atoms with Crippen molar-refractivity contribution in [1.82, 2.24) is 0 Å². The van der Waals surface area contributed by atoms with E-state index in [1.165, 1.54) is 0 Å². The molecule has 0 aliphatic carbocycles. The highest BCUT2D eigenvalue weighted by atomic mass is 35.5. The van der Waals surface area contributed by atoms with Crippen molar-refractivity contribution in [2.45, 2.75) is 26.7 Å². The van der Waals surface area contributed by atoms with Crippen LogP contribution < -0.4 is 5.73 Å². The minimum Gasteiger partial charge on any atom is -0.388 e. The molecule has 2 nitrogen and oxygen atoms in total. The summed E-state index contributed by atoms with van der Waals surface area (Å²) in [6, 6.07) is 0. The first kappa shape index (κ1) is 11.5. The molecule has 0 saturated heterocycles. The normalized spacial score (nSPS) is 11.8. The molecule has 0 rings (SSSR count). The van der Waals surface area contributed by atoms with E-state index in [0.29, 0.717) is 11.8 Å². The fraction of sp³-hybridized carbons (Fsp3) is 0.833. The van der Waals surface area contributed by atoms with Gasteiger partial charge in [0.2, 0.25) is 0 Å². The maximum absolute atomic E-state index is 6.91. The summed E-state index contributed by atoms with van der Waals surface area (Å²) in [5.41, 5.74) is 5.15. The van der Waals surface area contributed by atoms with E-state index in [1.807, 2.05) is 0 Å². The number of amidine groups is 1. The molecule has 1 unspecified atom stereocenters. The van der Waals surface area contributed by atoms with E-state index in [-0.39, 0.29) is 12.4 Å². The van der Waals surface area contributed by atoms with Gasteiger partial charge in [-0.2, -0.15) is 0 Å².